The number of thioether (sulfide) groups is 1. The number of thiocarbonyl (C=S) groups is 1. The van der Waals surface area contributed by atoms with Crippen LogP contribution in [0.25, 0.3) is 0 Å². The van der Waals surface area contributed by atoms with Gasteiger partial charge in [-0.15, -0.1) is 12.4 Å². The van der Waals surface area contributed by atoms with Gasteiger partial charge in [0.1, 0.15) is 10.1 Å². The van der Waals surface area contributed by atoms with E-state index in [1.54, 1.807) is 41.3 Å². The van der Waals surface area contributed by atoms with E-state index in [2.05, 4.69) is 4.90 Å². The summed E-state index contributed by atoms with van der Waals surface area (Å²) in [4.78, 5) is 26.8. The lowest BCUT2D eigenvalue weighted by atomic mass is 10.1. The van der Waals surface area contributed by atoms with Gasteiger partial charge in [-0.25, -0.2) is 0 Å². The molecule has 2 aromatic rings. The van der Waals surface area contributed by atoms with Crippen molar-refractivity contribution in [2.24, 2.45) is 5.73 Å². The van der Waals surface area contributed by atoms with Crippen molar-refractivity contribution >= 4 is 52.3 Å². The van der Waals surface area contributed by atoms with Crippen LogP contribution in [0.2, 0.25) is 0 Å². The predicted octanol–water partition coefficient (Wildman–Crippen LogP) is 2.95. The number of hydrogen-bond acceptors (Lipinski definition) is 7. The summed E-state index contributed by atoms with van der Waals surface area (Å²) in [5.41, 5.74) is 8.05. The molecule has 1 atom stereocenters. The number of nitrogens with two attached hydrogens (primary N) is 1. The van der Waals surface area contributed by atoms with Crippen LogP contribution in [0, 0.1) is 10.1 Å². The summed E-state index contributed by atoms with van der Waals surface area (Å²) in [6, 6.07) is 12.5. The average Bonchev–Trinajstić information content (AvgIpc) is 2.78. The Bertz CT molecular complexity index is 936. The Morgan fingerprint density at radius 1 is 1.06 bits per heavy atom. The highest BCUT2D eigenvalue weighted by molar-refractivity contribution is 8.22. The molecule has 1 saturated heterocycles. The zero-order chi connectivity index (χ0) is 22.4. The van der Waals surface area contributed by atoms with Crippen LogP contribution in [0.5, 0.6) is 5.75 Å². The number of nitro groups is 1. The number of non-ortho nitro benzene ring substituents is 1. The van der Waals surface area contributed by atoms with E-state index in [1.165, 1.54) is 23.9 Å². The first-order chi connectivity index (χ1) is 14.8. The Labute approximate surface area is 202 Å². The number of amides is 1. The first kappa shape index (κ1) is 25.9. The largest absolute Gasteiger partial charge is 0.508 e. The maximum Gasteiger partial charge on any atom is 0.269 e. The van der Waals surface area contributed by atoms with Crippen molar-refractivity contribution in [2.75, 3.05) is 26.2 Å². The van der Waals surface area contributed by atoms with E-state index in [4.69, 9.17) is 18.0 Å². The average molecular weight is 497 g/mol. The fraction of sp³-hybridized carbons (Fsp3) is 0.333. The predicted molar refractivity (Wildman–Crippen MR) is 132 cm³/mol. The third kappa shape index (κ3) is 7.06. The number of carbonyl (C=O) groups excluding carboxylic acids is 1. The molecule has 0 aromatic heterocycles. The van der Waals surface area contributed by atoms with Crippen LogP contribution < -0.4 is 5.73 Å². The van der Waals surface area contributed by atoms with E-state index in [0.717, 1.165) is 15.4 Å². The molecule has 0 aliphatic carbocycles. The van der Waals surface area contributed by atoms with Crippen LogP contribution in [-0.4, -0.2) is 62.3 Å². The summed E-state index contributed by atoms with van der Waals surface area (Å²) in [5.74, 6) is 0.729. The molecule has 2 aromatic carbocycles. The fourth-order valence-corrected chi connectivity index (χ4v) is 4.47. The summed E-state index contributed by atoms with van der Waals surface area (Å²) in [6.45, 7) is 2.40. The van der Waals surface area contributed by atoms with Gasteiger partial charge in [0.25, 0.3) is 5.69 Å². The number of rotatable bonds is 6. The van der Waals surface area contributed by atoms with Gasteiger partial charge in [-0.1, -0.05) is 48.2 Å². The van der Waals surface area contributed by atoms with E-state index < -0.39 is 11.0 Å². The van der Waals surface area contributed by atoms with Crippen molar-refractivity contribution in [3.8, 4) is 5.75 Å². The Hall–Kier alpha value is -2.40. The van der Waals surface area contributed by atoms with Gasteiger partial charge < -0.3 is 20.6 Å². The van der Waals surface area contributed by atoms with Gasteiger partial charge in [0, 0.05) is 44.1 Å². The van der Waals surface area contributed by atoms with E-state index in [9.17, 15) is 20.0 Å². The number of piperazine rings is 1. The van der Waals surface area contributed by atoms with Crippen molar-refractivity contribution in [2.45, 2.75) is 18.2 Å². The zero-order valence-electron chi connectivity index (χ0n) is 17.3. The number of benzene rings is 2. The molecule has 172 valence electrons. The molecule has 0 saturated carbocycles. The summed E-state index contributed by atoms with van der Waals surface area (Å²) in [7, 11) is 0. The second-order valence-electron chi connectivity index (χ2n) is 7.27. The standard InChI is InChI=1S/C21H24N4O4S2.ClH/c22-19(13-15-3-7-18(26)8-4-15)20(27)23-9-11-24(12-10-23)21(30)31-14-16-1-5-17(6-2-16)25(28)29;/h1-8,19,26H,9-14,22H2;1H/t19-;/m0./s1. The van der Waals surface area contributed by atoms with Gasteiger partial charge in [0.15, 0.2) is 0 Å². The maximum atomic E-state index is 12.7. The minimum Gasteiger partial charge on any atom is -0.508 e. The summed E-state index contributed by atoms with van der Waals surface area (Å²) in [6.07, 6.45) is 0.419. The molecule has 0 unspecified atom stereocenters. The van der Waals surface area contributed by atoms with Gasteiger partial charge in [-0.05, 0) is 29.7 Å². The third-order valence-corrected chi connectivity index (χ3v) is 6.66. The number of nitrogens with zero attached hydrogens (tertiary/aromatic N) is 3. The van der Waals surface area contributed by atoms with Gasteiger partial charge in [-0.3, -0.25) is 14.9 Å². The molecular formula is C21H25ClN4O4S2. The Kier molecular flexibility index (Phi) is 9.70. The smallest absolute Gasteiger partial charge is 0.269 e. The second kappa shape index (κ2) is 12.0. The SMILES string of the molecule is Cl.N[C@@H](Cc1ccc(O)cc1)C(=O)N1CCN(C(=S)SCc2ccc([N+](=O)[O-])cc2)CC1. The van der Waals surface area contributed by atoms with E-state index >= 15 is 0 Å². The van der Waals surface area contributed by atoms with Gasteiger partial charge in [0.2, 0.25) is 5.91 Å². The monoisotopic (exact) mass is 496 g/mol. The molecule has 1 aliphatic heterocycles. The minimum absolute atomic E-state index is 0. The zero-order valence-corrected chi connectivity index (χ0v) is 19.7. The highest BCUT2D eigenvalue weighted by atomic mass is 35.5. The Balaban J connectivity index is 0.00000363. The number of hydrogen-bond donors (Lipinski definition) is 2. The molecule has 0 spiro atoms. The van der Waals surface area contributed by atoms with Gasteiger partial charge in [0.05, 0.1) is 11.0 Å². The lowest BCUT2D eigenvalue weighted by Crippen LogP contribution is -2.54. The van der Waals surface area contributed by atoms with Gasteiger partial charge in [-0.2, -0.15) is 0 Å². The quantitative estimate of drug-likeness (QED) is 0.356. The molecular weight excluding hydrogens is 472 g/mol. The fourth-order valence-electron chi connectivity index (χ4n) is 3.27. The molecule has 1 fully saturated rings. The Morgan fingerprint density at radius 3 is 2.16 bits per heavy atom. The van der Waals surface area contributed by atoms with Crippen molar-refractivity contribution in [3.63, 3.8) is 0 Å². The molecule has 8 nitrogen and oxygen atoms in total. The van der Waals surface area contributed by atoms with Crippen molar-refractivity contribution in [3.05, 3.63) is 69.8 Å². The molecule has 1 heterocycles. The molecule has 1 aliphatic rings. The normalized spacial score (nSPS) is 14.4. The van der Waals surface area contributed by atoms with Crippen LogP contribution in [0.3, 0.4) is 0 Å². The second-order valence-corrected chi connectivity index (χ2v) is 8.88. The number of aromatic hydroxyl groups is 1. The number of nitro benzene ring substituents is 1. The van der Waals surface area contributed by atoms with Crippen molar-refractivity contribution in [1.29, 1.82) is 0 Å². The third-order valence-electron chi connectivity index (χ3n) is 5.07. The lowest BCUT2D eigenvalue weighted by Gasteiger charge is -2.37. The van der Waals surface area contributed by atoms with E-state index in [-0.39, 0.29) is 29.8 Å². The topological polar surface area (TPSA) is 113 Å². The first-order valence-corrected chi connectivity index (χ1v) is 11.2. The van der Waals surface area contributed by atoms with Crippen LogP contribution in [0.4, 0.5) is 5.69 Å². The number of phenolic OH excluding ortho intramolecular Hbond substituents is 1. The first-order valence-electron chi connectivity index (χ1n) is 9.81. The Morgan fingerprint density at radius 2 is 1.59 bits per heavy atom. The van der Waals surface area contributed by atoms with E-state index in [1.807, 2.05) is 0 Å². The summed E-state index contributed by atoms with van der Waals surface area (Å²) >= 11 is 7.03. The van der Waals surface area contributed by atoms with Crippen molar-refractivity contribution in [1.82, 2.24) is 9.80 Å². The number of carbonyl (C=O) groups is 1. The summed E-state index contributed by atoms with van der Waals surface area (Å²) < 4.78 is 0.749. The molecule has 0 bridgehead atoms. The molecule has 3 N–H and O–H groups in total. The number of phenols is 1. The van der Waals surface area contributed by atoms with Crippen LogP contribution >= 0.6 is 36.4 Å². The number of halogens is 1. The maximum absolute atomic E-state index is 12.7. The molecule has 0 radical (unpaired) electrons. The van der Waals surface area contributed by atoms with Crippen LogP contribution in [0.1, 0.15) is 11.1 Å². The minimum atomic E-state index is -0.625. The highest BCUT2D eigenvalue weighted by Crippen LogP contribution is 2.20. The highest BCUT2D eigenvalue weighted by Gasteiger charge is 2.26. The molecule has 11 heteroatoms. The summed E-state index contributed by atoms with van der Waals surface area (Å²) in [5, 5.41) is 20.1. The van der Waals surface area contributed by atoms with Crippen LogP contribution in [-0.2, 0) is 17.0 Å². The van der Waals surface area contributed by atoms with E-state index in [0.29, 0.717) is 38.4 Å². The van der Waals surface area contributed by atoms with Crippen LogP contribution in [0.15, 0.2) is 48.5 Å². The molecule has 32 heavy (non-hydrogen) atoms. The lowest BCUT2D eigenvalue weighted by molar-refractivity contribution is -0.384. The van der Waals surface area contributed by atoms with Gasteiger partial charge >= 0.3 is 0 Å². The molecule has 3 rings (SSSR count). The molecule has 1 amide bonds. The van der Waals surface area contributed by atoms with Crippen molar-refractivity contribution < 1.29 is 14.8 Å².